The van der Waals surface area contributed by atoms with E-state index in [1.807, 2.05) is 0 Å². The van der Waals surface area contributed by atoms with Gasteiger partial charge in [0.05, 0.1) is 16.8 Å². The molecule has 19 heavy (non-hydrogen) atoms. The van der Waals surface area contributed by atoms with Crippen LogP contribution in [0.5, 0.6) is 0 Å². The SMILES string of the molecule is CSc1nc2ccc(NCc3sccc3Br)cc2s1. The van der Waals surface area contributed by atoms with Crippen LogP contribution in [0.2, 0.25) is 0 Å². The second-order valence-electron chi connectivity index (χ2n) is 3.91. The van der Waals surface area contributed by atoms with Gasteiger partial charge >= 0.3 is 0 Å². The summed E-state index contributed by atoms with van der Waals surface area (Å²) in [5, 5.41) is 5.56. The summed E-state index contributed by atoms with van der Waals surface area (Å²) in [7, 11) is 0. The zero-order valence-corrected chi connectivity index (χ0v) is 14.2. The zero-order valence-electron chi connectivity index (χ0n) is 10.1. The number of anilines is 1. The van der Waals surface area contributed by atoms with E-state index in [4.69, 9.17) is 0 Å². The lowest BCUT2D eigenvalue weighted by Crippen LogP contribution is -1.97. The molecular weight excluding hydrogens is 360 g/mol. The standard InChI is InChI=1S/C13H11BrN2S3/c1-17-13-16-10-3-2-8(6-11(10)19-13)15-7-12-9(14)4-5-18-12/h2-6,15H,7H2,1H3. The molecule has 0 spiro atoms. The van der Waals surface area contributed by atoms with E-state index in [1.54, 1.807) is 34.4 Å². The van der Waals surface area contributed by atoms with Gasteiger partial charge in [0.2, 0.25) is 0 Å². The molecule has 0 saturated heterocycles. The Morgan fingerprint density at radius 3 is 3.00 bits per heavy atom. The number of hydrogen-bond acceptors (Lipinski definition) is 5. The summed E-state index contributed by atoms with van der Waals surface area (Å²) >= 11 is 8.75. The van der Waals surface area contributed by atoms with E-state index in [0.717, 1.165) is 22.1 Å². The Bertz CT molecular complexity index is 705. The summed E-state index contributed by atoms with van der Waals surface area (Å²) in [6.07, 6.45) is 2.06. The molecule has 6 heteroatoms. The van der Waals surface area contributed by atoms with Crippen LogP contribution in [-0.2, 0) is 6.54 Å². The molecule has 0 aliphatic rings. The molecule has 0 aliphatic carbocycles. The van der Waals surface area contributed by atoms with Gasteiger partial charge < -0.3 is 5.32 Å². The third kappa shape index (κ3) is 2.97. The number of rotatable bonds is 4. The van der Waals surface area contributed by atoms with Gasteiger partial charge in [0.25, 0.3) is 0 Å². The van der Waals surface area contributed by atoms with Crippen LogP contribution < -0.4 is 5.32 Å². The monoisotopic (exact) mass is 370 g/mol. The molecule has 2 nitrogen and oxygen atoms in total. The number of aromatic nitrogens is 1. The fraction of sp³-hybridized carbons (Fsp3) is 0.154. The predicted molar refractivity (Wildman–Crippen MR) is 90.7 cm³/mol. The molecule has 0 saturated carbocycles. The van der Waals surface area contributed by atoms with Crippen molar-refractivity contribution < 1.29 is 0 Å². The van der Waals surface area contributed by atoms with Crippen LogP contribution in [0.25, 0.3) is 10.2 Å². The van der Waals surface area contributed by atoms with Crippen LogP contribution in [0.15, 0.2) is 38.5 Å². The molecule has 3 aromatic rings. The fourth-order valence-electron chi connectivity index (χ4n) is 1.73. The molecule has 3 rings (SSSR count). The quantitative estimate of drug-likeness (QED) is 0.617. The van der Waals surface area contributed by atoms with E-state index in [9.17, 15) is 0 Å². The molecule has 0 aliphatic heterocycles. The highest BCUT2D eigenvalue weighted by molar-refractivity contribution is 9.10. The molecule has 0 radical (unpaired) electrons. The molecule has 0 atom stereocenters. The van der Waals surface area contributed by atoms with Crippen LogP contribution >= 0.6 is 50.4 Å². The largest absolute Gasteiger partial charge is 0.380 e. The van der Waals surface area contributed by atoms with Gasteiger partial charge in [0.15, 0.2) is 4.34 Å². The van der Waals surface area contributed by atoms with Crippen molar-refractivity contribution in [3.05, 3.63) is 39.0 Å². The molecule has 2 aromatic heterocycles. The summed E-state index contributed by atoms with van der Waals surface area (Å²) < 4.78 is 3.53. The number of thioether (sulfide) groups is 1. The Morgan fingerprint density at radius 2 is 2.26 bits per heavy atom. The minimum Gasteiger partial charge on any atom is -0.380 e. The van der Waals surface area contributed by atoms with Crippen LogP contribution in [0.1, 0.15) is 4.88 Å². The second kappa shape index (κ2) is 5.83. The maximum absolute atomic E-state index is 4.54. The first-order valence-electron chi connectivity index (χ1n) is 5.66. The summed E-state index contributed by atoms with van der Waals surface area (Å²) in [6, 6.07) is 8.43. The Kier molecular flexibility index (Phi) is 4.12. The van der Waals surface area contributed by atoms with Crippen LogP contribution in [0.3, 0.4) is 0 Å². The lowest BCUT2D eigenvalue weighted by molar-refractivity contribution is 1.18. The van der Waals surface area contributed by atoms with Gasteiger partial charge in [-0.3, -0.25) is 0 Å². The minimum atomic E-state index is 0.845. The number of thiophene rings is 1. The zero-order chi connectivity index (χ0) is 13.2. The Balaban J connectivity index is 1.79. The van der Waals surface area contributed by atoms with Gasteiger partial charge in [-0.05, 0) is 51.8 Å². The van der Waals surface area contributed by atoms with Crippen LogP contribution in [0, 0.1) is 0 Å². The molecular formula is C13H11BrN2S3. The maximum atomic E-state index is 4.54. The molecule has 0 fully saturated rings. The minimum absolute atomic E-state index is 0.845. The lowest BCUT2D eigenvalue weighted by Gasteiger charge is -2.05. The Morgan fingerprint density at radius 1 is 1.37 bits per heavy atom. The van der Waals surface area contributed by atoms with E-state index in [0.29, 0.717) is 0 Å². The maximum Gasteiger partial charge on any atom is 0.150 e. The van der Waals surface area contributed by atoms with E-state index in [1.165, 1.54) is 14.0 Å². The van der Waals surface area contributed by atoms with Crippen molar-refractivity contribution >= 4 is 66.3 Å². The average molecular weight is 371 g/mol. The van der Waals surface area contributed by atoms with Crippen LogP contribution in [0.4, 0.5) is 5.69 Å². The van der Waals surface area contributed by atoms with E-state index >= 15 is 0 Å². The number of benzene rings is 1. The van der Waals surface area contributed by atoms with Crippen LogP contribution in [-0.4, -0.2) is 11.2 Å². The van der Waals surface area contributed by atoms with Gasteiger partial charge in [-0.25, -0.2) is 4.98 Å². The molecule has 1 aromatic carbocycles. The highest BCUT2D eigenvalue weighted by atomic mass is 79.9. The first-order valence-corrected chi connectivity index (χ1v) is 9.38. The van der Waals surface area contributed by atoms with Crippen molar-refractivity contribution in [2.45, 2.75) is 10.9 Å². The van der Waals surface area contributed by atoms with Gasteiger partial charge in [0.1, 0.15) is 0 Å². The number of halogens is 1. The smallest absolute Gasteiger partial charge is 0.150 e. The highest BCUT2D eigenvalue weighted by Gasteiger charge is 2.05. The number of thiazole rings is 1. The molecule has 98 valence electrons. The second-order valence-corrected chi connectivity index (χ2v) is 7.85. The highest BCUT2D eigenvalue weighted by Crippen LogP contribution is 2.30. The van der Waals surface area contributed by atoms with Gasteiger partial charge in [0, 0.05) is 15.0 Å². The summed E-state index contributed by atoms with van der Waals surface area (Å²) in [6.45, 7) is 0.845. The fourth-order valence-corrected chi connectivity index (χ4v) is 4.70. The van der Waals surface area contributed by atoms with Crippen molar-refractivity contribution in [2.75, 3.05) is 11.6 Å². The lowest BCUT2D eigenvalue weighted by atomic mass is 10.3. The number of nitrogens with zero attached hydrogens (tertiary/aromatic N) is 1. The normalized spacial score (nSPS) is 11.1. The Labute approximate surface area is 132 Å². The number of nitrogens with one attached hydrogen (secondary N) is 1. The number of fused-ring (bicyclic) bond motifs is 1. The molecule has 0 bridgehead atoms. The van der Waals surface area contributed by atoms with Crippen molar-refractivity contribution in [2.24, 2.45) is 0 Å². The predicted octanol–water partition coefficient (Wildman–Crippen LogP) is 5.45. The molecule has 0 unspecified atom stereocenters. The third-order valence-corrected chi connectivity index (χ3v) is 6.62. The summed E-state index contributed by atoms with van der Waals surface area (Å²) in [5.74, 6) is 0. The van der Waals surface area contributed by atoms with Gasteiger partial charge in [-0.1, -0.05) is 11.8 Å². The molecule has 0 amide bonds. The Hall–Kier alpha value is -0.560. The summed E-state index contributed by atoms with van der Waals surface area (Å²) in [4.78, 5) is 5.86. The van der Waals surface area contributed by atoms with E-state index in [2.05, 4.69) is 62.1 Å². The first-order chi connectivity index (χ1) is 9.26. The first kappa shape index (κ1) is 13.4. The van der Waals surface area contributed by atoms with E-state index in [-0.39, 0.29) is 0 Å². The third-order valence-electron chi connectivity index (χ3n) is 2.69. The summed E-state index contributed by atoms with van der Waals surface area (Å²) in [5.41, 5.74) is 2.22. The van der Waals surface area contributed by atoms with Gasteiger partial charge in [-0.15, -0.1) is 22.7 Å². The molecule has 1 N–H and O–H groups in total. The molecule has 2 heterocycles. The van der Waals surface area contributed by atoms with Crippen molar-refractivity contribution in [1.82, 2.24) is 4.98 Å². The van der Waals surface area contributed by atoms with Crippen molar-refractivity contribution in [1.29, 1.82) is 0 Å². The van der Waals surface area contributed by atoms with E-state index < -0.39 is 0 Å². The van der Waals surface area contributed by atoms with Crippen molar-refractivity contribution in [3.63, 3.8) is 0 Å². The van der Waals surface area contributed by atoms with Crippen molar-refractivity contribution in [3.8, 4) is 0 Å². The van der Waals surface area contributed by atoms with Gasteiger partial charge in [-0.2, -0.15) is 0 Å². The topological polar surface area (TPSA) is 24.9 Å². The average Bonchev–Trinajstić information content (AvgIpc) is 3.01. The number of hydrogen-bond donors (Lipinski definition) is 1.